The zero-order valence-corrected chi connectivity index (χ0v) is 18.9. The molecule has 0 saturated heterocycles. The summed E-state index contributed by atoms with van der Waals surface area (Å²) in [6.45, 7) is 6.74. The van der Waals surface area contributed by atoms with E-state index in [1.54, 1.807) is 30.5 Å². The van der Waals surface area contributed by atoms with E-state index in [1.165, 1.54) is 10.2 Å². The number of hydrogen-bond donors (Lipinski definition) is 1. The number of aromatic nitrogens is 2. The number of hydrazone groups is 1. The Hall–Kier alpha value is -4.06. The minimum Gasteiger partial charge on any atom is -0.267 e. The molecule has 1 amide bonds. The Bertz CT molecular complexity index is 1370. The Labute approximate surface area is 192 Å². The maximum Gasteiger partial charge on any atom is 0.292 e. The zero-order valence-electron chi connectivity index (χ0n) is 18.9. The van der Waals surface area contributed by atoms with E-state index in [4.69, 9.17) is 0 Å². The lowest BCUT2D eigenvalue weighted by Gasteiger charge is -2.18. The molecule has 0 radical (unpaired) electrons. The van der Waals surface area contributed by atoms with E-state index in [9.17, 15) is 9.59 Å². The first-order valence-electron chi connectivity index (χ1n) is 10.8. The minimum absolute atomic E-state index is 0.0689. The molecule has 166 valence electrons. The summed E-state index contributed by atoms with van der Waals surface area (Å²) in [5.41, 5.74) is 5.54. The second-order valence-electron chi connectivity index (χ2n) is 8.91. The molecule has 4 aromatic rings. The Balaban J connectivity index is 1.60. The standard InChI is InChI=1S/C27H26N4O2/c1-27(2,3)21-15-13-19(14-16-21)17-28-29-25(32)24-22-11-7-8-12-23(22)26(33)31(30-24)18-20-9-5-4-6-10-20/h4-17H,18H2,1-3H3,(H,29,32). The fourth-order valence-electron chi connectivity index (χ4n) is 3.55. The van der Waals surface area contributed by atoms with Crippen molar-refractivity contribution >= 4 is 22.9 Å². The number of nitrogens with one attached hydrogen (secondary N) is 1. The van der Waals surface area contributed by atoms with Crippen LogP contribution in [0.2, 0.25) is 0 Å². The maximum absolute atomic E-state index is 12.9. The number of benzene rings is 3. The average molecular weight is 439 g/mol. The first-order valence-corrected chi connectivity index (χ1v) is 10.8. The smallest absolute Gasteiger partial charge is 0.267 e. The van der Waals surface area contributed by atoms with Gasteiger partial charge < -0.3 is 0 Å². The van der Waals surface area contributed by atoms with Crippen molar-refractivity contribution in [3.8, 4) is 0 Å². The Kier molecular flexibility index (Phi) is 6.18. The monoisotopic (exact) mass is 438 g/mol. The predicted octanol–water partition coefficient (Wildman–Crippen LogP) is 4.51. The number of carbonyl (C=O) groups is 1. The second-order valence-corrected chi connectivity index (χ2v) is 8.91. The van der Waals surface area contributed by atoms with Crippen molar-refractivity contribution in [2.75, 3.05) is 0 Å². The molecule has 0 spiro atoms. The van der Waals surface area contributed by atoms with Gasteiger partial charge in [-0.3, -0.25) is 9.59 Å². The van der Waals surface area contributed by atoms with Gasteiger partial charge in [0.15, 0.2) is 5.69 Å². The third-order valence-corrected chi connectivity index (χ3v) is 5.41. The first-order chi connectivity index (χ1) is 15.8. The molecule has 0 fully saturated rings. The van der Waals surface area contributed by atoms with Gasteiger partial charge in [-0.2, -0.15) is 10.2 Å². The molecular weight excluding hydrogens is 412 g/mol. The van der Waals surface area contributed by atoms with Crippen LogP contribution in [0.4, 0.5) is 0 Å². The lowest BCUT2D eigenvalue weighted by atomic mass is 9.87. The molecule has 6 nitrogen and oxygen atoms in total. The van der Waals surface area contributed by atoms with Crippen LogP contribution in [0, 0.1) is 0 Å². The van der Waals surface area contributed by atoms with Crippen LogP contribution >= 0.6 is 0 Å². The number of nitrogens with zero attached hydrogens (tertiary/aromatic N) is 3. The summed E-state index contributed by atoms with van der Waals surface area (Å²) in [5, 5.41) is 9.41. The van der Waals surface area contributed by atoms with Crippen LogP contribution in [-0.2, 0) is 12.0 Å². The van der Waals surface area contributed by atoms with Gasteiger partial charge in [-0.05, 0) is 28.2 Å². The summed E-state index contributed by atoms with van der Waals surface area (Å²) >= 11 is 0. The van der Waals surface area contributed by atoms with Gasteiger partial charge in [-0.15, -0.1) is 0 Å². The highest BCUT2D eigenvalue weighted by Gasteiger charge is 2.17. The molecule has 1 N–H and O–H groups in total. The highest BCUT2D eigenvalue weighted by Crippen LogP contribution is 2.21. The summed E-state index contributed by atoms with van der Waals surface area (Å²) in [7, 11) is 0. The summed E-state index contributed by atoms with van der Waals surface area (Å²) < 4.78 is 1.32. The Morgan fingerprint density at radius 3 is 2.24 bits per heavy atom. The van der Waals surface area contributed by atoms with Gasteiger partial charge in [0.2, 0.25) is 0 Å². The number of fused-ring (bicyclic) bond motifs is 1. The Morgan fingerprint density at radius 2 is 1.58 bits per heavy atom. The summed E-state index contributed by atoms with van der Waals surface area (Å²) in [6, 6.07) is 24.6. The van der Waals surface area contributed by atoms with Crippen molar-refractivity contribution in [1.82, 2.24) is 15.2 Å². The molecule has 0 aliphatic rings. The third-order valence-electron chi connectivity index (χ3n) is 5.41. The highest BCUT2D eigenvalue weighted by atomic mass is 16.2. The van der Waals surface area contributed by atoms with Gasteiger partial charge in [-0.25, -0.2) is 10.1 Å². The van der Waals surface area contributed by atoms with Gasteiger partial charge in [0.1, 0.15) is 0 Å². The van der Waals surface area contributed by atoms with Crippen LogP contribution in [0.25, 0.3) is 10.8 Å². The molecule has 1 heterocycles. The lowest BCUT2D eigenvalue weighted by Crippen LogP contribution is -2.29. The molecule has 0 saturated carbocycles. The molecule has 0 bridgehead atoms. The molecule has 1 aromatic heterocycles. The van der Waals surface area contributed by atoms with Gasteiger partial charge in [0.25, 0.3) is 11.5 Å². The van der Waals surface area contributed by atoms with Crippen molar-refractivity contribution in [1.29, 1.82) is 0 Å². The molecule has 33 heavy (non-hydrogen) atoms. The quantitative estimate of drug-likeness (QED) is 0.368. The van der Waals surface area contributed by atoms with E-state index in [2.05, 4.69) is 48.5 Å². The van der Waals surface area contributed by atoms with Crippen LogP contribution in [0.15, 0.2) is 88.8 Å². The number of amides is 1. The van der Waals surface area contributed by atoms with E-state index >= 15 is 0 Å². The van der Waals surface area contributed by atoms with Crippen LogP contribution in [-0.4, -0.2) is 21.9 Å². The van der Waals surface area contributed by atoms with Crippen LogP contribution in [0.1, 0.15) is 48.0 Å². The zero-order chi connectivity index (χ0) is 23.4. The topological polar surface area (TPSA) is 76.3 Å². The number of rotatable bonds is 5. The molecule has 6 heteroatoms. The fraction of sp³-hybridized carbons (Fsp3) is 0.185. The first kappa shape index (κ1) is 22.1. The number of hydrogen-bond acceptors (Lipinski definition) is 4. The van der Waals surface area contributed by atoms with E-state index in [-0.39, 0.29) is 23.2 Å². The van der Waals surface area contributed by atoms with Crippen molar-refractivity contribution in [2.45, 2.75) is 32.7 Å². The molecule has 0 atom stereocenters. The largest absolute Gasteiger partial charge is 0.292 e. The van der Waals surface area contributed by atoms with Gasteiger partial charge in [0, 0.05) is 5.39 Å². The molecule has 4 rings (SSSR count). The van der Waals surface area contributed by atoms with Crippen LogP contribution < -0.4 is 11.0 Å². The summed E-state index contributed by atoms with van der Waals surface area (Å²) in [4.78, 5) is 25.9. The molecular formula is C27H26N4O2. The third kappa shape index (κ3) is 5.06. The highest BCUT2D eigenvalue weighted by molar-refractivity contribution is 6.04. The molecule has 3 aromatic carbocycles. The minimum atomic E-state index is -0.476. The van der Waals surface area contributed by atoms with Crippen molar-refractivity contribution in [3.63, 3.8) is 0 Å². The average Bonchev–Trinajstić information content (AvgIpc) is 2.81. The van der Waals surface area contributed by atoms with Crippen LogP contribution in [0.5, 0.6) is 0 Å². The van der Waals surface area contributed by atoms with E-state index < -0.39 is 5.91 Å². The fourth-order valence-corrected chi connectivity index (χ4v) is 3.55. The molecule has 0 aliphatic carbocycles. The summed E-state index contributed by atoms with van der Waals surface area (Å²) in [5.74, 6) is -0.476. The number of carbonyl (C=O) groups excluding carboxylic acids is 1. The Morgan fingerprint density at radius 1 is 0.939 bits per heavy atom. The van der Waals surface area contributed by atoms with E-state index in [0.29, 0.717) is 10.8 Å². The van der Waals surface area contributed by atoms with Crippen molar-refractivity contribution in [2.24, 2.45) is 5.10 Å². The summed E-state index contributed by atoms with van der Waals surface area (Å²) in [6.07, 6.45) is 1.59. The van der Waals surface area contributed by atoms with E-state index in [0.717, 1.165) is 11.1 Å². The van der Waals surface area contributed by atoms with Crippen LogP contribution in [0.3, 0.4) is 0 Å². The molecule has 0 aliphatic heterocycles. The van der Waals surface area contributed by atoms with Gasteiger partial charge in [-0.1, -0.05) is 93.6 Å². The van der Waals surface area contributed by atoms with Gasteiger partial charge >= 0.3 is 0 Å². The predicted molar refractivity (Wildman–Crippen MR) is 132 cm³/mol. The normalized spacial score (nSPS) is 11.7. The van der Waals surface area contributed by atoms with Crippen molar-refractivity contribution < 1.29 is 4.79 Å². The van der Waals surface area contributed by atoms with Crippen molar-refractivity contribution in [3.05, 3.63) is 112 Å². The lowest BCUT2D eigenvalue weighted by molar-refractivity contribution is 0.0949. The van der Waals surface area contributed by atoms with Gasteiger partial charge in [0.05, 0.1) is 18.1 Å². The maximum atomic E-state index is 12.9. The molecule has 0 unspecified atom stereocenters. The second kappa shape index (κ2) is 9.20. The van der Waals surface area contributed by atoms with E-state index in [1.807, 2.05) is 42.5 Å². The SMILES string of the molecule is CC(C)(C)c1ccc(C=NNC(=O)c2nn(Cc3ccccc3)c(=O)c3ccccc23)cc1.